The summed E-state index contributed by atoms with van der Waals surface area (Å²) in [6.45, 7) is 2.05. The Bertz CT molecular complexity index is 3320. The maximum absolute atomic E-state index is 14.6. The summed E-state index contributed by atoms with van der Waals surface area (Å²) in [6.07, 6.45) is 6.25. The monoisotopic (exact) mass is 851 g/mol. The number of anilines is 1. The molecule has 0 saturated carbocycles. The van der Waals surface area contributed by atoms with Crippen LogP contribution in [0.2, 0.25) is 0 Å². The summed E-state index contributed by atoms with van der Waals surface area (Å²) in [5.41, 5.74) is 8.63. The summed E-state index contributed by atoms with van der Waals surface area (Å²) in [5, 5.41) is 17.6. The van der Waals surface area contributed by atoms with Crippen LogP contribution in [-0.2, 0) is 22.6 Å². The lowest BCUT2D eigenvalue weighted by molar-refractivity contribution is -0.144. The first-order chi connectivity index (χ1) is 30.1. The number of amides is 1. The van der Waals surface area contributed by atoms with Crippen molar-refractivity contribution in [1.29, 1.82) is 0 Å². The van der Waals surface area contributed by atoms with Crippen LogP contribution in [0.3, 0.4) is 0 Å². The minimum atomic E-state index is -0.664. The summed E-state index contributed by atoms with van der Waals surface area (Å²) in [4.78, 5) is 63.2. The number of thiophene rings is 1. The number of esters is 1. The van der Waals surface area contributed by atoms with Gasteiger partial charge in [0, 0.05) is 52.0 Å². The fourth-order valence-corrected chi connectivity index (χ4v) is 8.56. The van der Waals surface area contributed by atoms with E-state index in [9.17, 15) is 19.2 Å². The highest BCUT2D eigenvalue weighted by Crippen LogP contribution is 2.39. The topological polar surface area (TPSA) is 218 Å². The second-order valence-electron chi connectivity index (χ2n) is 14.2. The molecule has 3 N–H and O–H groups in total. The average molecular weight is 852 g/mol. The van der Waals surface area contributed by atoms with Crippen LogP contribution in [0.15, 0.2) is 107 Å². The van der Waals surface area contributed by atoms with Crippen LogP contribution < -0.4 is 31.6 Å². The highest BCUT2D eigenvalue weighted by atomic mass is 32.1. The standard InChI is InChI=1S/C43H37N11O7S/c1-24(47-41(56)36-39(44)49-53-15-8-14-45-40(36)53)30-19-25-9-7-12-27(35(25)42(57)54(30)26-10-5-4-6-11-26)29-22-52(50-48-29)17-18-61-34(55)13-16-51-23-46-37-28-20-31(59-2)32(60-3)21-33(28)62-38(37)43(51)58/h4-12,14-15,19-24H,13,16-18H2,1-3H3,(H2,44,49)(H,47,56)/t24-/m1/s1. The number of aromatic nitrogens is 9. The molecule has 1 atom stereocenters. The number of para-hydroxylation sites is 1. The Morgan fingerprint density at radius 3 is 2.55 bits per heavy atom. The van der Waals surface area contributed by atoms with E-state index in [0.717, 1.165) is 10.1 Å². The largest absolute Gasteiger partial charge is 0.493 e. The molecule has 0 fully saturated rings. The number of nitrogens with zero attached hydrogens (tertiary/aromatic N) is 9. The van der Waals surface area contributed by atoms with E-state index in [-0.39, 0.29) is 48.6 Å². The molecule has 0 radical (unpaired) electrons. The number of carbonyl (C=O) groups is 2. The van der Waals surface area contributed by atoms with Crippen LogP contribution in [0.4, 0.5) is 5.82 Å². The molecule has 6 heterocycles. The van der Waals surface area contributed by atoms with E-state index in [2.05, 4.69) is 30.7 Å². The van der Waals surface area contributed by atoms with Gasteiger partial charge >= 0.3 is 5.97 Å². The van der Waals surface area contributed by atoms with Gasteiger partial charge in [-0.2, -0.15) is 0 Å². The highest BCUT2D eigenvalue weighted by Gasteiger charge is 2.25. The van der Waals surface area contributed by atoms with Crippen molar-refractivity contribution in [1.82, 2.24) is 49.0 Å². The fourth-order valence-electron chi connectivity index (χ4n) is 7.44. The van der Waals surface area contributed by atoms with E-state index < -0.39 is 17.9 Å². The highest BCUT2D eigenvalue weighted by molar-refractivity contribution is 7.25. The predicted octanol–water partition coefficient (Wildman–Crippen LogP) is 4.94. The van der Waals surface area contributed by atoms with E-state index in [0.29, 0.717) is 60.8 Å². The number of methoxy groups -OCH3 is 2. The lowest BCUT2D eigenvalue weighted by Crippen LogP contribution is -2.32. The van der Waals surface area contributed by atoms with Crippen LogP contribution in [0.5, 0.6) is 11.5 Å². The molecule has 312 valence electrons. The molecule has 0 saturated heterocycles. The normalized spacial score (nSPS) is 12.0. The van der Waals surface area contributed by atoms with Crippen LogP contribution >= 0.6 is 11.3 Å². The van der Waals surface area contributed by atoms with Gasteiger partial charge in [0.15, 0.2) is 23.0 Å². The van der Waals surface area contributed by atoms with Crippen LogP contribution in [0.25, 0.3) is 53.7 Å². The molecule has 0 bridgehead atoms. The van der Waals surface area contributed by atoms with Gasteiger partial charge in [0.05, 0.1) is 56.7 Å². The van der Waals surface area contributed by atoms with E-state index in [1.165, 1.54) is 31.4 Å². The number of rotatable bonds is 13. The molecule has 3 aromatic carbocycles. The molecule has 0 aliphatic heterocycles. The zero-order valence-corrected chi connectivity index (χ0v) is 34.3. The number of nitrogen functional groups attached to an aromatic ring is 1. The second kappa shape index (κ2) is 16.3. The molecular formula is C43H37N11O7S. The molecule has 18 nitrogen and oxygen atoms in total. The molecule has 0 aliphatic carbocycles. The summed E-state index contributed by atoms with van der Waals surface area (Å²) >= 11 is 1.30. The van der Waals surface area contributed by atoms with Crippen molar-refractivity contribution in [3.63, 3.8) is 0 Å². The quantitative estimate of drug-likeness (QED) is 0.147. The Balaban J connectivity index is 0.908. The maximum Gasteiger partial charge on any atom is 0.307 e. The van der Waals surface area contributed by atoms with Crippen molar-refractivity contribution < 1.29 is 23.8 Å². The Kier molecular flexibility index (Phi) is 10.4. The molecule has 0 spiro atoms. The lowest BCUT2D eigenvalue weighted by Gasteiger charge is -2.21. The molecule has 62 heavy (non-hydrogen) atoms. The van der Waals surface area contributed by atoms with Gasteiger partial charge in [-0.15, -0.1) is 21.5 Å². The van der Waals surface area contributed by atoms with Gasteiger partial charge in [-0.1, -0.05) is 41.6 Å². The van der Waals surface area contributed by atoms with Crippen molar-refractivity contribution in [2.24, 2.45) is 0 Å². The van der Waals surface area contributed by atoms with Gasteiger partial charge in [0.25, 0.3) is 17.0 Å². The third-order valence-electron chi connectivity index (χ3n) is 10.4. The molecule has 6 aromatic heterocycles. The molecule has 9 rings (SSSR count). The third-order valence-corrected chi connectivity index (χ3v) is 11.6. The smallest absolute Gasteiger partial charge is 0.307 e. The Hall–Kier alpha value is -7.93. The van der Waals surface area contributed by atoms with E-state index in [1.54, 1.807) is 62.5 Å². The molecule has 0 unspecified atom stereocenters. The summed E-state index contributed by atoms with van der Waals surface area (Å²) in [6, 6.07) is 21.1. The van der Waals surface area contributed by atoms with Gasteiger partial charge in [-0.25, -0.2) is 19.2 Å². The first-order valence-electron chi connectivity index (χ1n) is 19.4. The van der Waals surface area contributed by atoms with Gasteiger partial charge in [-0.05, 0) is 42.6 Å². The second-order valence-corrected chi connectivity index (χ2v) is 15.3. The van der Waals surface area contributed by atoms with E-state index in [1.807, 2.05) is 54.6 Å². The van der Waals surface area contributed by atoms with Gasteiger partial charge in [0.2, 0.25) is 0 Å². The van der Waals surface area contributed by atoms with E-state index in [4.69, 9.17) is 19.9 Å². The van der Waals surface area contributed by atoms with Crippen molar-refractivity contribution >= 4 is 65.8 Å². The van der Waals surface area contributed by atoms with Crippen molar-refractivity contribution in [2.75, 3.05) is 26.6 Å². The zero-order chi connectivity index (χ0) is 43.1. The molecular weight excluding hydrogens is 815 g/mol. The Morgan fingerprint density at radius 1 is 0.935 bits per heavy atom. The van der Waals surface area contributed by atoms with Gasteiger partial charge in [-0.3, -0.25) is 28.3 Å². The molecule has 0 aliphatic rings. The van der Waals surface area contributed by atoms with Crippen LogP contribution in [0, 0.1) is 0 Å². The number of hydrogen-bond donors (Lipinski definition) is 2. The summed E-state index contributed by atoms with van der Waals surface area (Å²) in [7, 11) is 3.09. The number of fused-ring (bicyclic) bond motifs is 5. The number of pyridine rings is 1. The number of ether oxygens (including phenoxy) is 3. The Labute approximate surface area is 354 Å². The number of nitrogens with one attached hydrogen (secondary N) is 1. The summed E-state index contributed by atoms with van der Waals surface area (Å²) in [5.74, 6) is 0.120. The number of benzene rings is 3. The number of hydrogen-bond acceptors (Lipinski definition) is 14. The van der Waals surface area contributed by atoms with Crippen LogP contribution in [-0.4, -0.2) is 76.4 Å². The third kappa shape index (κ3) is 7.12. The van der Waals surface area contributed by atoms with Gasteiger partial charge in [0.1, 0.15) is 22.6 Å². The minimum absolute atomic E-state index is 0.00586. The predicted molar refractivity (Wildman–Crippen MR) is 232 cm³/mol. The van der Waals surface area contributed by atoms with Crippen molar-refractivity contribution in [3.8, 4) is 28.4 Å². The lowest BCUT2D eigenvalue weighted by atomic mass is 10.0. The van der Waals surface area contributed by atoms with Crippen LogP contribution in [0.1, 0.15) is 35.4 Å². The molecule has 1 amide bonds. The molecule has 19 heteroatoms. The van der Waals surface area contributed by atoms with Gasteiger partial charge < -0.3 is 25.3 Å². The summed E-state index contributed by atoms with van der Waals surface area (Å²) < 4.78 is 23.5. The molecule has 9 aromatic rings. The first kappa shape index (κ1) is 39.5. The maximum atomic E-state index is 14.6. The van der Waals surface area contributed by atoms with Crippen molar-refractivity contribution in [3.05, 3.63) is 130 Å². The first-order valence-corrected chi connectivity index (χ1v) is 20.2. The Morgan fingerprint density at radius 2 is 1.74 bits per heavy atom. The SMILES string of the molecule is COc1cc2sc3c(=O)n(CCC(=O)OCCn4cc(-c5cccc6cc([C@@H](C)NC(=O)c7c(N)nn8cccnc78)n(-c7ccccc7)c(=O)c56)nn4)cnc3c2cc1OC. The minimum Gasteiger partial charge on any atom is -0.493 e. The van der Waals surface area contributed by atoms with Crippen molar-refractivity contribution in [2.45, 2.75) is 32.5 Å². The van der Waals surface area contributed by atoms with E-state index >= 15 is 0 Å². The zero-order valence-electron chi connectivity index (χ0n) is 33.5. The number of nitrogens with two attached hydrogens (primary N) is 1. The number of aryl methyl sites for hydroxylation is 1. The number of carbonyl (C=O) groups excluding carboxylic acids is 2. The fraction of sp³-hybridized carbons (Fsp3) is 0.186. The average Bonchev–Trinajstić information content (AvgIpc) is 4.00.